The summed E-state index contributed by atoms with van der Waals surface area (Å²) >= 11 is 1.49. The van der Waals surface area contributed by atoms with Crippen molar-refractivity contribution < 1.29 is 8.78 Å². The minimum absolute atomic E-state index is 0.155. The summed E-state index contributed by atoms with van der Waals surface area (Å²) in [5, 5.41) is 10.0. The van der Waals surface area contributed by atoms with E-state index in [1.807, 2.05) is 24.3 Å². The number of thioether (sulfide) groups is 1. The molecule has 0 N–H and O–H groups in total. The molecule has 0 saturated heterocycles. The SMILES string of the molecule is CN(Cc1nnc(Cn2c(SCc3ccc(F)cc3)nc(=O)c3c2CCC3)n1Cc1ccc(-c2ccc(CF)cc2)cc1)C1CC1. The monoisotopic (exact) mass is 638 g/mol. The molecule has 7 nitrogen and oxygen atoms in total. The van der Waals surface area contributed by atoms with Gasteiger partial charge in [0.25, 0.3) is 5.56 Å². The van der Waals surface area contributed by atoms with Crippen molar-refractivity contribution in [1.29, 1.82) is 0 Å². The second kappa shape index (κ2) is 13.3. The molecule has 2 aliphatic carbocycles. The van der Waals surface area contributed by atoms with E-state index in [0.717, 1.165) is 64.4 Å². The maximum Gasteiger partial charge on any atom is 0.277 e. The molecule has 10 heteroatoms. The summed E-state index contributed by atoms with van der Waals surface area (Å²) in [5.74, 6) is 2.01. The van der Waals surface area contributed by atoms with E-state index in [0.29, 0.717) is 42.1 Å². The van der Waals surface area contributed by atoms with Crippen molar-refractivity contribution in [3.05, 3.63) is 129 Å². The Balaban J connectivity index is 1.20. The zero-order chi connectivity index (χ0) is 31.6. The maximum absolute atomic E-state index is 13.5. The van der Waals surface area contributed by atoms with Gasteiger partial charge in [0, 0.05) is 23.1 Å². The molecule has 7 rings (SSSR count). The van der Waals surface area contributed by atoms with Crippen LogP contribution >= 0.6 is 11.8 Å². The van der Waals surface area contributed by atoms with Crippen LogP contribution < -0.4 is 5.56 Å². The molecule has 0 spiro atoms. The average Bonchev–Trinajstić information content (AvgIpc) is 3.71. The van der Waals surface area contributed by atoms with Gasteiger partial charge in [-0.3, -0.25) is 9.69 Å². The second-order valence-corrected chi connectivity index (χ2v) is 13.2. The Morgan fingerprint density at radius 1 is 0.826 bits per heavy atom. The third-order valence-electron chi connectivity index (χ3n) is 8.98. The van der Waals surface area contributed by atoms with Crippen LogP contribution in [0, 0.1) is 5.82 Å². The van der Waals surface area contributed by atoms with Gasteiger partial charge in [0.05, 0.1) is 19.6 Å². The Kier molecular flexibility index (Phi) is 8.82. The van der Waals surface area contributed by atoms with Gasteiger partial charge in [0.1, 0.15) is 18.3 Å². The summed E-state index contributed by atoms with van der Waals surface area (Å²) in [6, 6.07) is 23.0. The number of halogens is 2. The molecule has 1 fully saturated rings. The maximum atomic E-state index is 13.5. The highest BCUT2D eigenvalue weighted by molar-refractivity contribution is 7.98. The van der Waals surface area contributed by atoms with E-state index in [9.17, 15) is 13.6 Å². The van der Waals surface area contributed by atoms with Gasteiger partial charge < -0.3 is 9.13 Å². The predicted molar refractivity (Wildman–Crippen MR) is 176 cm³/mol. The van der Waals surface area contributed by atoms with E-state index in [1.165, 1.54) is 36.7 Å². The van der Waals surface area contributed by atoms with E-state index in [-0.39, 0.29) is 11.4 Å². The van der Waals surface area contributed by atoms with E-state index < -0.39 is 6.67 Å². The van der Waals surface area contributed by atoms with Gasteiger partial charge in [-0.25, -0.2) is 8.78 Å². The van der Waals surface area contributed by atoms with Crippen molar-refractivity contribution >= 4 is 11.8 Å². The number of aromatic nitrogens is 5. The molecule has 2 aromatic heterocycles. The van der Waals surface area contributed by atoms with Crippen molar-refractivity contribution in [3.8, 4) is 11.1 Å². The van der Waals surface area contributed by atoms with Crippen LogP contribution in [0.25, 0.3) is 11.1 Å². The molecular weight excluding hydrogens is 603 g/mol. The quantitative estimate of drug-likeness (QED) is 0.114. The first kappa shape index (κ1) is 30.5. The molecule has 5 aromatic rings. The first-order chi connectivity index (χ1) is 22.4. The lowest BCUT2D eigenvalue weighted by Crippen LogP contribution is -2.25. The van der Waals surface area contributed by atoms with Crippen molar-refractivity contribution in [2.45, 2.75) is 75.4 Å². The Bertz CT molecular complexity index is 1880. The van der Waals surface area contributed by atoms with Gasteiger partial charge in [0.15, 0.2) is 11.0 Å². The Hall–Kier alpha value is -4.15. The molecule has 0 aliphatic heterocycles. The van der Waals surface area contributed by atoms with Crippen LogP contribution in [0.5, 0.6) is 0 Å². The lowest BCUT2D eigenvalue weighted by molar-refractivity contribution is 0.302. The Morgan fingerprint density at radius 2 is 1.48 bits per heavy atom. The Morgan fingerprint density at radius 3 is 2.15 bits per heavy atom. The summed E-state index contributed by atoms with van der Waals surface area (Å²) in [5.41, 5.74) is 6.53. The second-order valence-electron chi connectivity index (χ2n) is 12.3. The normalized spacial score (nSPS) is 14.3. The van der Waals surface area contributed by atoms with E-state index >= 15 is 0 Å². The number of rotatable bonds is 12. The molecule has 2 aliphatic rings. The number of hydrogen-bond acceptors (Lipinski definition) is 6. The fourth-order valence-corrected chi connectivity index (χ4v) is 7.12. The van der Waals surface area contributed by atoms with E-state index in [1.54, 1.807) is 12.1 Å². The highest BCUT2D eigenvalue weighted by Crippen LogP contribution is 2.29. The molecular formula is C36H36F2N6OS. The molecule has 3 aromatic carbocycles. The Labute approximate surface area is 271 Å². The molecule has 0 amide bonds. The lowest BCUT2D eigenvalue weighted by atomic mass is 10.0. The lowest BCUT2D eigenvalue weighted by Gasteiger charge is -2.19. The first-order valence-corrected chi connectivity index (χ1v) is 16.8. The number of hydrogen-bond donors (Lipinski definition) is 0. The van der Waals surface area contributed by atoms with Gasteiger partial charge in [-0.15, -0.1) is 10.2 Å². The summed E-state index contributed by atoms with van der Waals surface area (Å²) < 4.78 is 30.9. The highest BCUT2D eigenvalue weighted by atomic mass is 32.2. The van der Waals surface area contributed by atoms with Crippen LogP contribution in [-0.2, 0) is 44.9 Å². The molecule has 2 heterocycles. The fourth-order valence-electron chi connectivity index (χ4n) is 6.16. The van der Waals surface area contributed by atoms with Crippen LogP contribution in [0.1, 0.15) is 58.9 Å². The predicted octanol–water partition coefficient (Wildman–Crippen LogP) is 6.58. The molecule has 0 atom stereocenters. The van der Waals surface area contributed by atoms with Gasteiger partial charge in [-0.2, -0.15) is 4.98 Å². The fraction of sp³-hybridized carbons (Fsp3) is 0.333. The largest absolute Gasteiger partial charge is 0.316 e. The standard InChI is InChI=1S/C36H36F2N6OS/c1-42(30-17-18-30)21-33-40-41-34(44(33)20-25-7-13-28(14-8-25)27-11-5-24(19-37)6-12-27)22-43-32-4-2-3-31(32)35(45)39-36(43)46-23-26-9-15-29(38)16-10-26/h5-16,30H,2-4,17-23H2,1H3. The van der Waals surface area contributed by atoms with Gasteiger partial charge >= 0.3 is 0 Å². The minimum Gasteiger partial charge on any atom is -0.316 e. The highest BCUT2D eigenvalue weighted by Gasteiger charge is 2.28. The zero-order valence-corrected chi connectivity index (χ0v) is 26.6. The number of nitrogens with zero attached hydrogens (tertiary/aromatic N) is 6. The van der Waals surface area contributed by atoms with Crippen molar-refractivity contribution in [3.63, 3.8) is 0 Å². The molecule has 46 heavy (non-hydrogen) atoms. The van der Waals surface area contributed by atoms with Gasteiger partial charge in [-0.1, -0.05) is 72.4 Å². The van der Waals surface area contributed by atoms with Crippen molar-refractivity contribution in [2.75, 3.05) is 7.05 Å². The molecule has 1 saturated carbocycles. The topological polar surface area (TPSA) is 68.8 Å². The molecule has 0 unspecified atom stereocenters. The van der Waals surface area contributed by atoms with Crippen molar-refractivity contribution in [2.24, 2.45) is 0 Å². The zero-order valence-electron chi connectivity index (χ0n) is 25.8. The van der Waals surface area contributed by atoms with Crippen LogP contribution in [0.4, 0.5) is 8.78 Å². The smallest absolute Gasteiger partial charge is 0.277 e. The van der Waals surface area contributed by atoms with Crippen molar-refractivity contribution in [1.82, 2.24) is 29.2 Å². The van der Waals surface area contributed by atoms with Gasteiger partial charge in [0.2, 0.25) is 0 Å². The summed E-state index contributed by atoms with van der Waals surface area (Å²) in [6.45, 7) is 1.28. The van der Waals surface area contributed by atoms with Crippen LogP contribution in [0.3, 0.4) is 0 Å². The first-order valence-electron chi connectivity index (χ1n) is 15.8. The van der Waals surface area contributed by atoms with E-state index in [2.05, 4.69) is 55.4 Å². The third kappa shape index (κ3) is 6.69. The summed E-state index contributed by atoms with van der Waals surface area (Å²) in [7, 11) is 2.14. The number of fused-ring (bicyclic) bond motifs is 1. The molecule has 0 bridgehead atoms. The minimum atomic E-state index is -0.467. The number of benzene rings is 3. The van der Waals surface area contributed by atoms with Crippen LogP contribution in [-0.4, -0.2) is 42.3 Å². The van der Waals surface area contributed by atoms with Crippen LogP contribution in [0.15, 0.2) is 82.7 Å². The average molecular weight is 639 g/mol. The molecule has 236 valence electrons. The number of alkyl halides is 1. The van der Waals surface area contributed by atoms with Gasteiger partial charge in [-0.05, 0) is 79.1 Å². The third-order valence-corrected chi connectivity index (χ3v) is 10.0. The molecule has 0 radical (unpaired) electrons. The van der Waals surface area contributed by atoms with Crippen LogP contribution in [0.2, 0.25) is 0 Å². The summed E-state index contributed by atoms with van der Waals surface area (Å²) in [6.07, 6.45) is 4.88. The summed E-state index contributed by atoms with van der Waals surface area (Å²) in [4.78, 5) is 19.9. The van der Waals surface area contributed by atoms with E-state index in [4.69, 9.17) is 5.10 Å².